The first-order valence-corrected chi connectivity index (χ1v) is 8.40. The highest BCUT2D eigenvalue weighted by Gasteiger charge is 2.46. The normalized spacial score (nSPS) is 39.1. The van der Waals surface area contributed by atoms with E-state index in [0.29, 0.717) is 11.5 Å². The van der Waals surface area contributed by atoms with Gasteiger partial charge in [0.15, 0.2) is 0 Å². The van der Waals surface area contributed by atoms with E-state index < -0.39 is 0 Å². The van der Waals surface area contributed by atoms with Crippen LogP contribution in [0.4, 0.5) is 0 Å². The van der Waals surface area contributed by atoms with Gasteiger partial charge in [0.25, 0.3) is 0 Å². The zero-order valence-electron chi connectivity index (χ0n) is 14.3. The van der Waals surface area contributed by atoms with Gasteiger partial charge in [0, 0.05) is 24.7 Å². The average Bonchev–Trinajstić information content (AvgIpc) is 2.36. The van der Waals surface area contributed by atoms with E-state index in [0.717, 1.165) is 12.5 Å². The highest BCUT2D eigenvalue weighted by atomic mass is 15.3. The minimum absolute atomic E-state index is 0.246. The van der Waals surface area contributed by atoms with Gasteiger partial charge in [-0.15, -0.1) is 0 Å². The Morgan fingerprint density at radius 1 is 1.25 bits per heavy atom. The SMILES string of the molecule is CC1CC(C)(C)CC(CN)(N2CCCC(N(C)C)C2)C1. The number of hydrogen-bond donors (Lipinski definition) is 1. The van der Waals surface area contributed by atoms with Gasteiger partial charge in [0.1, 0.15) is 0 Å². The van der Waals surface area contributed by atoms with Crippen molar-refractivity contribution in [1.29, 1.82) is 0 Å². The summed E-state index contributed by atoms with van der Waals surface area (Å²) in [6.45, 7) is 10.5. The van der Waals surface area contributed by atoms with Crippen LogP contribution in [-0.4, -0.2) is 55.1 Å². The molecule has 2 aliphatic rings. The highest BCUT2D eigenvalue weighted by molar-refractivity contribution is 5.02. The molecule has 2 rings (SSSR count). The van der Waals surface area contributed by atoms with Crippen LogP contribution in [0.5, 0.6) is 0 Å². The molecule has 3 unspecified atom stereocenters. The molecule has 1 aliphatic heterocycles. The number of likely N-dealkylation sites (N-methyl/N-ethyl adjacent to an activating group) is 1. The molecule has 20 heavy (non-hydrogen) atoms. The molecule has 1 aliphatic carbocycles. The van der Waals surface area contributed by atoms with Crippen molar-refractivity contribution in [1.82, 2.24) is 9.80 Å². The predicted octanol–water partition coefficient (Wildman–Crippen LogP) is 2.56. The van der Waals surface area contributed by atoms with Crippen LogP contribution in [0.15, 0.2) is 0 Å². The first-order chi connectivity index (χ1) is 9.28. The lowest BCUT2D eigenvalue weighted by Crippen LogP contribution is -2.63. The predicted molar refractivity (Wildman–Crippen MR) is 86.9 cm³/mol. The minimum atomic E-state index is 0.246. The standard InChI is InChI=1S/C17H35N3/c1-14-9-16(2,3)12-17(10-14,13-18)20-8-6-7-15(11-20)19(4)5/h14-15H,6-13,18H2,1-5H3. The molecule has 3 nitrogen and oxygen atoms in total. The maximum absolute atomic E-state index is 6.32. The molecule has 0 spiro atoms. The first-order valence-electron chi connectivity index (χ1n) is 8.40. The van der Waals surface area contributed by atoms with Gasteiger partial charge in [-0.3, -0.25) is 4.90 Å². The smallest absolute Gasteiger partial charge is 0.0340 e. The van der Waals surface area contributed by atoms with Crippen molar-refractivity contribution in [2.75, 3.05) is 33.7 Å². The second kappa shape index (κ2) is 5.94. The summed E-state index contributed by atoms with van der Waals surface area (Å²) >= 11 is 0. The Labute approximate surface area is 125 Å². The Kier molecular flexibility index (Phi) is 4.83. The van der Waals surface area contributed by atoms with Crippen LogP contribution in [0, 0.1) is 11.3 Å². The number of rotatable bonds is 3. The molecule has 3 heteroatoms. The Balaban J connectivity index is 2.17. The fourth-order valence-electron chi connectivity index (χ4n) is 5.03. The largest absolute Gasteiger partial charge is 0.329 e. The summed E-state index contributed by atoms with van der Waals surface area (Å²) in [5, 5.41) is 0. The van der Waals surface area contributed by atoms with Crippen LogP contribution in [0.25, 0.3) is 0 Å². The third-order valence-electron chi connectivity index (χ3n) is 5.61. The monoisotopic (exact) mass is 281 g/mol. The van der Waals surface area contributed by atoms with Crippen LogP contribution in [-0.2, 0) is 0 Å². The van der Waals surface area contributed by atoms with Gasteiger partial charge >= 0.3 is 0 Å². The van der Waals surface area contributed by atoms with Gasteiger partial charge in [0.05, 0.1) is 0 Å². The number of nitrogens with zero attached hydrogens (tertiary/aromatic N) is 2. The second-order valence-corrected chi connectivity index (χ2v) is 8.49. The molecule has 0 aromatic rings. The Hall–Kier alpha value is -0.120. The zero-order valence-corrected chi connectivity index (χ0v) is 14.3. The second-order valence-electron chi connectivity index (χ2n) is 8.49. The first kappa shape index (κ1) is 16.3. The van der Waals surface area contributed by atoms with Gasteiger partial charge in [-0.25, -0.2) is 0 Å². The topological polar surface area (TPSA) is 32.5 Å². The third kappa shape index (κ3) is 3.37. The minimum Gasteiger partial charge on any atom is -0.329 e. The van der Waals surface area contributed by atoms with Crippen molar-refractivity contribution in [3.05, 3.63) is 0 Å². The van der Waals surface area contributed by atoms with Crippen molar-refractivity contribution >= 4 is 0 Å². The van der Waals surface area contributed by atoms with Crippen molar-refractivity contribution in [2.45, 2.75) is 64.5 Å². The maximum atomic E-state index is 6.32. The van der Waals surface area contributed by atoms with Gasteiger partial charge in [0.2, 0.25) is 0 Å². The van der Waals surface area contributed by atoms with E-state index in [1.54, 1.807) is 0 Å². The molecular formula is C17H35N3. The van der Waals surface area contributed by atoms with E-state index >= 15 is 0 Å². The van der Waals surface area contributed by atoms with Crippen molar-refractivity contribution in [3.63, 3.8) is 0 Å². The van der Waals surface area contributed by atoms with E-state index in [1.807, 2.05) is 0 Å². The highest BCUT2D eigenvalue weighted by Crippen LogP contribution is 2.46. The average molecular weight is 281 g/mol. The van der Waals surface area contributed by atoms with Gasteiger partial charge in [-0.05, 0) is 64.1 Å². The lowest BCUT2D eigenvalue weighted by atomic mass is 9.63. The van der Waals surface area contributed by atoms with E-state index in [1.165, 1.54) is 45.2 Å². The van der Waals surface area contributed by atoms with Crippen LogP contribution < -0.4 is 5.73 Å². The molecule has 3 atom stereocenters. The van der Waals surface area contributed by atoms with Crippen LogP contribution in [0.1, 0.15) is 52.9 Å². The Bertz CT molecular complexity index is 326. The molecule has 0 aromatic carbocycles. The van der Waals surface area contributed by atoms with E-state index in [-0.39, 0.29) is 5.54 Å². The summed E-state index contributed by atoms with van der Waals surface area (Å²) in [5.41, 5.74) is 7.00. The number of likely N-dealkylation sites (tertiary alicyclic amines) is 1. The lowest BCUT2D eigenvalue weighted by Gasteiger charge is -2.55. The van der Waals surface area contributed by atoms with E-state index in [9.17, 15) is 0 Å². The summed E-state index contributed by atoms with van der Waals surface area (Å²) in [4.78, 5) is 5.15. The van der Waals surface area contributed by atoms with Crippen molar-refractivity contribution in [2.24, 2.45) is 17.1 Å². The Morgan fingerprint density at radius 3 is 2.50 bits per heavy atom. The molecule has 2 N–H and O–H groups in total. The molecule has 0 radical (unpaired) electrons. The van der Waals surface area contributed by atoms with Crippen LogP contribution >= 0.6 is 0 Å². The zero-order chi connectivity index (χ0) is 15.0. The third-order valence-corrected chi connectivity index (χ3v) is 5.61. The van der Waals surface area contributed by atoms with Gasteiger partial charge in [-0.2, -0.15) is 0 Å². The number of nitrogens with two attached hydrogens (primary N) is 1. The quantitative estimate of drug-likeness (QED) is 0.863. The van der Waals surface area contributed by atoms with Gasteiger partial charge < -0.3 is 10.6 Å². The lowest BCUT2D eigenvalue weighted by molar-refractivity contribution is -0.0366. The molecular weight excluding hydrogens is 246 g/mol. The molecule has 0 aromatic heterocycles. The maximum Gasteiger partial charge on any atom is 0.0340 e. The van der Waals surface area contributed by atoms with Crippen LogP contribution in [0.3, 0.4) is 0 Å². The number of hydrogen-bond acceptors (Lipinski definition) is 3. The van der Waals surface area contributed by atoms with E-state index in [2.05, 4.69) is 44.7 Å². The summed E-state index contributed by atoms with van der Waals surface area (Å²) in [6.07, 6.45) is 6.55. The van der Waals surface area contributed by atoms with Crippen LogP contribution in [0.2, 0.25) is 0 Å². The van der Waals surface area contributed by atoms with Crippen molar-refractivity contribution in [3.8, 4) is 0 Å². The summed E-state index contributed by atoms with van der Waals surface area (Å²) in [7, 11) is 4.44. The molecule has 118 valence electrons. The molecule has 1 saturated heterocycles. The number of piperidine rings is 1. The molecule has 2 fully saturated rings. The molecule has 0 bridgehead atoms. The summed E-state index contributed by atoms with van der Waals surface area (Å²) < 4.78 is 0. The molecule has 1 saturated carbocycles. The molecule has 0 amide bonds. The Morgan fingerprint density at radius 2 is 1.95 bits per heavy atom. The fraction of sp³-hybridized carbons (Fsp3) is 1.00. The van der Waals surface area contributed by atoms with Crippen molar-refractivity contribution < 1.29 is 0 Å². The fourth-order valence-corrected chi connectivity index (χ4v) is 5.03. The van der Waals surface area contributed by atoms with Gasteiger partial charge in [-0.1, -0.05) is 20.8 Å². The molecule has 1 heterocycles. The summed E-state index contributed by atoms with van der Waals surface area (Å²) in [6, 6.07) is 0.701. The van der Waals surface area contributed by atoms with E-state index in [4.69, 9.17) is 5.73 Å². The summed E-state index contributed by atoms with van der Waals surface area (Å²) in [5.74, 6) is 0.794.